The first kappa shape index (κ1) is 18.5. The average molecular weight is 394 g/mol. The van der Waals surface area contributed by atoms with E-state index in [1.807, 2.05) is 0 Å². The van der Waals surface area contributed by atoms with Crippen molar-refractivity contribution in [1.82, 2.24) is 10.2 Å². The second kappa shape index (κ2) is 6.93. The summed E-state index contributed by atoms with van der Waals surface area (Å²) in [5, 5.41) is 13.9. The van der Waals surface area contributed by atoms with Crippen LogP contribution in [-0.4, -0.2) is 42.5 Å². The number of rotatable bonds is 4. The molecule has 1 atom stereocenters. The Kier molecular flexibility index (Phi) is 4.42. The number of nitrogens with zero attached hydrogens (tertiary/aromatic N) is 3. The molecule has 0 saturated heterocycles. The van der Waals surface area contributed by atoms with Gasteiger partial charge in [-0.1, -0.05) is 12.1 Å². The maximum absolute atomic E-state index is 13.3. The number of amides is 3. The van der Waals surface area contributed by atoms with Gasteiger partial charge in [0.05, 0.1) is 35.9 Å². The molecule has 1 N–H and O–H groups in total. The molecule has 4 rings (SSSR count). The molecule has 0 saturated carbocycles. The Bertz CT molecular complexity index is 1050. The van der Waals surface area contributed by atoms with E-state index in [0.717, 1.165) is 0 Å². The second-order valence-corrected chi connectivity index (χ2v) is 6.74. The molecule has 1 unspecified atom stereocenters. The zero-order valence-electron chi connectivity index (χ0n) is 15.8. The number of nitro benzene ring substituents is 1. The summed E-state index contributed by atoms with van der Waals surface area (Å²) < 4.78 is 5.16. The van der Waals surface area contributed by atoms with Crippen LogP contribution in [0, 0.1) is 10.1 Å². The summed E-state index contributed by atoms with van der Waals surface area (Å²) in [5.41, 5.74) is 2.03. The maximum atomic E-state index is 13.3. The molecule has 0 aliphatic carbocycles. The lowest BCUT2D eigenvalue weighted by atomic mass is 9.95. The number of anilines is 1. The number of carbonyl (C=O) groups is 2. The molecule has 2 heterocycles. The number of nitro groups is 1. The third-order valence-corrected chi connectivity index (χ3v) is 5.16. The van der Waals surface area contributed by atoms with Crippen LogP contribution in [0.1, 0.15) is 11.6 Å². The lowest BCUT2D eigenvalue weighted by Crippen LogP contribution is -2.45. The minimum Gasteiger partial charge on any atom is -0.497 e. The summed E-state index contributed by atoms with van der Waals surface area (Å²) in [6.45, 7) is 0.232. The van der Waals surface area contributed by atoms with E-state index < -0.39 is 11.0 Å². The molecule has 148 valence electrons. The molecule has 3 amide bonds. The Balaban J connectivity index is 1.74. The predicted molar refractivity (Wildman–Crippen MR) is 105 cm³/mol. The zero-order valence-corrected chi connectivity index (χ0v) is 15.8. The third-order valence-electron chi connectivity index (χ3n) is 5.16. The van der Waals surface area contributed by atoms with Crippen molar-refractivity contribution in [3.63, 3.8) is 0 Å². The fourth-order valence-corrected chi connectivity index (χ4v) is 3.61. The van der Waals surface area contributed by atoms with Gasteiger partial charge in [-0.25, -0.2) is 4.79 Å². The molecular weight excluding hydrogens is 376 g/mol. The summed E-state index contributed by atoms with van der Waals surface area (Å²) in [7, 11) is 3.16. The third kappa shape index (κ3) is 3.06. The molecular formula is C20H18N4O5. The van der Waals surface area contributed by atoms with E-state index >= 15 is 0 Å². The van der Waals surface area contributed by atoms with Crippen LogP contribution in [0.2, 0.25) is 0 Å². The van der Waals surface area contributed by atoms with E-state index in [-0.39, 0.29) is 24.2 Å². The van der Waals surface area contributed by atoms with Gasteiger partial charge >= 0.3 is 6.03 Å². The van der Waals surface area contributed by atoms with Crippen LogP contribution in [0.5, 0.6) is 5.75 Å². The standard InChI is InChI=1S/C20H18N4O5/c1-22-16-11-23(13-6-8-15(29-2)9-7-13)19(25)17(16)18(21-20(22)26)12-4-3-5-14(10-12)24(27)28/h3-10,18H,11H2,1-2H3,(H,21,26). The van der Waals surface area contributed by atoms with Gasteiger partial charge in [0.25, 0.3) is 11.6 Å². The molecule has 9 nitrogen and oxygen atoms in total. The number of carbonyl (C=O) groups excluding carboxylic acids is 2. The number of ether oxygens (including phenoxy) is 1. The fraction of sp³-hybridized carbons (Fsp3) is 0.200. The van der Waals surface area contributed by atoms with Crippen molar-refractivity contribution in [3.05, 3.63) is 75.5 Å². The van der Waals surface area contributed by atoms with Gasteiger partial charge in [-0.15, -0.1) is 0 Å². The largest absolute Gasteiger partial charge is 0.497 e. The van der Waals surface area contributed by atoms with Crippen LogP contribution in [0.15, 0.2) is 59.8 Å². The van der Waals surface area contributed by atoms with Crippen molar-refractivity contribution in [2.75, 3.05) is 25.6 Å². The van der Waals surface area contributed by atoms with E-state index in [1.54, 1.807) is 55.5 Å². The predicted octanol–water partition coefficient (Wildman–Crippen LogP) is 2.60. The smallest absolute Gasteiger partial charge is 0.322 e. The highest BCUT2D eigenvalue weighted by Gasteiger charge is 2.43. The van der Waals surface area contributed by atoms with Gasteiger partial charge < -0.3 is 15.0 Å². The number of methoxy groups -OCH3 is 1. The zero-order chi connectivity index (χ0) is 20.7. The van der Waals surface area contributed by atoms with Crippen molar-refractivity contribution in [1.29, 1.82) is 0 Å². The topological polar surface area (TPSA) is 105 Å². The van der Waals surface area contributed by atoms with Gasteiger partial charge in [-0.2, -0.15) is 0 Å². The van der Waals surface area contributed by atoms with Crippen LogP contribution < -0.4 is 15.0 Å². The first-order valence-corrected chi connectivity index (χ1v) is 8.88. The van der Waals surface area contributed by atoms with Gasteiger partial charge in [0.1, 0.15) is 5.75 Å². The van der Waals surface area contributed by atoms with Crippen LogP contribution in [0.3, 0.4) is 0 Å². The van der Waals surface area contributed by atoms with Crippen molar-refractivity contribution < 1.29 is 19.2 Å². The normalized spacial score (nSPS) is 18.6. The maximum Gasteiger partial charge on any atom is 0.322 e. The summed E-state index contributed by atoms with van der Waals surface area (Å²) in [6, 6.07) is 11.9. The second-order valence-electron chi connectivity index (χ2n) is 6.74. The van der Waals surface area contributed by atoms with E-state index in [9.17, 15) is 19.7 Å². The SMILES string of the molecule is COc1ccc(N2CC3=C(C2=O)C(c2cccc([N+](=O)[O-])c2)NC(=O)N3C)cc1. The van der Waals surface area contributed by atoms with Gasteiger partial charge in [-0.3, -0.25) is 19.8 Å². The van der Waals surface area contributed by atoms with E-state index in [1.165, 1.54) is 17.0 Å². The van der Waals surface area contributed by atoms with E-state index in [4.69, 9.17) is 4.74 Å². The Labute approximate surface area is 166 Å². The lowest BCUT2D eigenvalue weighted by molar-refractivity contribution is -0.384. The number of hydrogen-bond donors (Lipinski definition) is 1. The van der Waals surface area contributed by atoms with Gasteiger partial charge in [0.15, 0.2) is 0 Å². The molecule has 0 aromatic heterocycles. The van der Waals surface area contributed by atoms with Crippen molar-refractivity contribution in [2.45, 2.75) is 6.04 Å². The lowest BCUT2D eigenvalue weighted by Gasteiger charge is -2.30. The Hall–Kier alpha value is -3.88. The van der Waals surface area contributed by atoms with Crippen LogP contribution in [0.25, 0.3) is 0 Å². The molecule has 0 fully saturated rings. The molecule has 2 aromatic carbocycles. The number of nitrogens with one attached hydrogen (secondary N) is 1. The molecule has 2 aromatic rings. The number of benzene rings is 2. The molecule has 2 aliphatic heterocycles. The average Bonchev–Trinajstić information content (AvgIpc) is 3.08. The number of non-ortho nitro benzene ring substituents is 1. The number of urea groups is 1. The first-order chi connectivity index (χ1) is 13.9. The minimum atomic E-state index is -0.760. The first-order valence-electron chi connectivity index (χ1n) is 8.88. The monoisotopic (exact) mass is 394 g/mol. The molecule has 0 spiro atoms. The van der Waals surface area contributed by atoms with Crippen molar-refractivity contribution >= 4 is 23.3 Å². The number of hydrogen-bond acceptors (Lipinski definition) is 5. The fourth-order valence-electron chi connectivity index (χ4n) is 3.61. The minimum absolute atomic E-state index is 0.102. The van der Waals surface area contributed by atoms with Crippen molar-refractivity contribution in [2.24, 2.45) is 0 Å². The molecule has 0 radical (unpaired) electrons. The van der Waals surface area contributed by atoms with Crippen LogP contribution in [-0.2, 0) is 4.79 Å². The van der Waals surface area contributed by atoms with Crippen molar-refractivity contribution in [3.8, 4) is 5.75 Å². The van der Waals surface area contributed by atoms with Gasteiger partial charge in [-0.05, 0) is 29.8 Å². The Morgan fingerprint density at radius 3 is 2.55 bits per heavy atom. The summed E-state index contributed by atoms with van der Waals surface area (Å²) >= 11 is 0. The molecule has 29 heavy (non-hydrogen) atoms. The molecule has 9 heteroatoms. The Morgan fingerprint density at radius 1 is 1.17 bits per heavy atom. The van der Waals surface area contributed by atoms with E-state index in [2.05, 4.69) is 5.32 Å². The summed E-state index contributed by atoms with van der Waals surface area (Å²) in [6.07, 6.45) is 0. The highest BCUT2D eigenvalue weighted by Crippen LogP contribution is 2.38. The quantitative estimate of drug-likeness (QED) is 0.634. The molecule has 0 bridgehead atoms. The highest BCUT2D eigenvalue weighted by molar-refractivity contribution is 6.11. The van der Waals surface area contributed by atoms with E-state index in [0.29, 0.717) is 28.3 Å². The van der Waals surface area contributed by atoms with Gasteiger partial charge in [0, 0.05) is 24.9 Å². The van der Waals surface area contributed by atoms with Crippen LogP contribution >= 0.6 is 0 Å². The molecule has 2 aliphatic rings. The highest BCUT2D eigenvalue weighted by atomic mass is 16.6. The van der Waals surface area contributed by atoms with Crippen LogP contribution in [0.4, 0.5) is 16.2 Å². The summed E-state index contributed by atoms with van der Waals surface area (Å²) in [5.74, 6) is 0.412. The summed E-state index contributed by atoms with van der Waals surface area (Å²) in [4.78, 5) is 39.4. The van der Waals surface area contributed by atoms with Gasteiger partial charge in [0.2, 0.25) is 0 Å². The Morgan fingerprint density at radius 2 is 1.90 bits per heavy atom. The number of likely N-dealkylation sites (N-methyl/N-ethyl adjacent to an activating group) is 1.